The Morgan fingerprint density at radius 3 is 2.57 bits per heavy atom. The first-order valence-corrected chi connectivity index (χ1v) is 7.53. The van der Waals surface area contributed by atoms with Gasteiger partial charge in [0.1, 0.15) is 11.3 Å². The van der Waals surface area contributed by atoms with Gasteiger partial charge in [-0.2, -0.15) is 0 Å². The van der Waals surface area contributed by atoms with Gasteiger partial charge >= 0.3 is 0 Å². The number of amides is 1. The van der Waals surface area contributed by atoms with E-state index >= 15 is 0 Å². The molecule has 2 aromatic carbocycles. The molecule has 0 saturated heterocycles. The summed E-state index contributed by atoms with van der Waals surface area (Å²) in [4.78, 5) is 12.6. The van der Waals surface area contributed by atoms with E-state index in [9.17, 15) is 4.79 Å². The van der Waals surface area contributed by atoms with E-state index in [2.05, 4.69) is 5.32 Å². The third kappa shape index (κ3) is 2.80. The van der Waals surface area contributed by atoms with Gasteiger partial charge in [0.15, 0.2) is 5.76 Å². The summed E-state index contributed by atoms with van der Waals surface area (Å²) in [5.41, 5.74) is 2.50. The molecule has 3 aromatic rings. The van der Waals surface area contributed by atoms with Crippen LogP contribution in [0.3, 0.4) is 0 Å². The van der Waals surface area contributed by atoms with Crippen LogP contribution >= 0.6 is 0 Å². The van der Waals surface area contributed by atoms with Gasteiger partial charge in [0.05, 0.1) is 13.2 Å². The predicted molar refractivity (Wildman–Crippen MR) is 89.8 cm³/mol. The average Bonchev–Trinajstić information content (AvgIpc) is 2.92. The van der Waals surface area contributed by atoms with Crippen molar-refractivity contribution in [3.8, 4) is 5.75 Å². The van der Waals surface area contributed by atoms with Gasteiger partial charge in [-0.3, -0.25) is 4.79 Å². The number of methoxy groups -OCH3 is 1. The van der Waals surface area contributed by atoms with Gasteiger partial charge in [-0.15, -0.1) is 0 Å². The number of aryl methyl sites for hydroxylation is 1. The first-order valence-electron chi connectivity index (χ1n) is 7.53. The second-order valence-electron chi connectivity index (χ2n) is 5.49. The highest BCUT2D eigenvalue weighted by Crippen LogP contribution is 2.27. The smallest absolute Gasteiger partial charge is 0.287 e. The monoisotopic (exact) mass is 309 g/mol. The zero-order valence-electron chi connectivity index (χ0n) is 13.4. The standard InChI is InChI=1S/C19H19NO3/c1-12-14-8-4-7-11-17(14)23-18(12)19(21)20-13(2)15-9-5-6-10-16(15)22-3/h4-11,13H,1-3H3,(H,20,21). The number of ether oxygens (including phenoxy) is 1. The summed E-state index contributed by atoms with van der Waals surface area (Å²) in [5.74, 6) is 0.881. The minimum atomic E-state index is -0.225. The quantitative estimate of drug-likeness (QED) is 0.784. The maximum atomic E-state index is 12.6. The summed E-state index contributed by atoms with van der Waals surface area (Å²) in [6.45, 7) is 3.82. The van der Waals surface area contributed by atoms with E-state index in [-0.39, 0.29) is 11.9 Å². The van der Waals surface area contributed by atoms with Crippen LogP contribution in [0.1, 0.15) is 34.6 Å². The molecule has 0 bridgehead atoms. The molecule has 0 fully saturated rings. The lowest BCUT2D eigenvalue weighted by atomic mass is 10.1. The number of fused-ring (bicyclic) bond motifs is 1. The number of carbonyl (C=O) groups excluding carboxylic acids is 1. The number of nitrogens with one attached hydrogen (secondary N) is 1. The molecular weight excluding hydrogens is 290 g/mol. The fourth-order valence-electron chi connectivity index (χ4n) is 2.75. The van der Waals surface area contributed by atoms with Crippen LogP contribution < -0.4 is 10.1 Å². The van der Waals surface area contributed by atoms with Gasteiger partial charge in [0.25, 0.3) is 5.91 Å². The highest BCUT2D eigenvalue weighted by atomic mass is 16.5. The first kappa shape index (κ1) is 15.2. The maximum absolute atomic E-state index is 12.6. The normalized spacial score (nSPS) is 12.1. The van der Waals surface area contributed by atoms with Crippen molar-refractivity contribution in [3.05, 3.63) is 65.4 Å². The molecule has 1 amide bonds. The highest BCUT2D eigenvalue weighted by molar-refractivity contribution is 5.99. The lowest BCUT2D eigenvalue weighted by Crippen LogP contribution is -2.27. The third-order valence-corrected chi connectivity index (χ3v) is 4.00. The Labute approximate surface area is 135 Å². The van der Waals surface area contributed by atoms with Crippen molar-refractivity contribution < 1.29 is 13.9 Å². The topological polar surface area (TPSA) is 51.5 Å². The Balaban J connectivity index is 1.87. The van der Waals surface area contributed by atoms with Crippen LogP contribution in [0.4, 0.5) is 0 Å². The molecule has 0 radical (unpaired) electrons. The molecule has 0 saturated carbocycles. The Morgan fingerprint density at radius 2 is 1.83 bits per heavy atom. The van der Waals surface area contributed by atoms with Crippen LogP contribution in [-0.4, -0.2) is 13.0 Å². The lowest BCUT2D eigenvalue weighted by molar-refractivity contribution is 0.0913. The van der Waals surface area contributed by atoms with E-state index in [4.69, 9.17) is 9.15 Å². The van der Waals surface area contributed by atoms with E-state index in [0.29, 0.717) is 5.76 Å². The van der Waals surface area contributed by atoms with E-state index in [1.807, 2.05) is 62.4 Å². The van der Waals surface area contributed by atoms with Gasteiger partial charge in [-0.05, 0) is 26.0 Å². The molecule has 0 aliphatic rings. The number of rotatable bonds is 4. The molecule has 23 heavy (non-hydrogen) atoms. The second kappa shape index (κ2) is 6.16. The Bertz CT molecular complexity index is 851. The SMILES string of the molecule is COc1ccccc1C(C)NC(=O)c1oc2ccccc2c1C. The van der Waals surface area contributed by atoms with Crippen LogP contribution in [-0.2, 0) is 0 Å². The van der Waals surface area contributed by atoms with Gasteiger partial charge in [-0.25, -0.2) is 0 Å². The van der Waals surface area contributed by atoms with Crippen molar-refractivity contribution in [1.29, 1.82) is 0 Å². The molecule has 118 valence electrons. The van der Waals surface area contributed by atoms with Gasteiger partial charge < -0.3 is 14.5 Å². The number of benzene rings is 2. The minimum absolute atomic E-state index is 0.189. The van der Waals surface area contributed by atoms with Gasteiger partial charge in [0, 0.05) is 16.5 Å². The van der Waals surface area contributed by atoms with Crippen molar-refractivity contribution in [2.24, 2.45) is 0 Å². The summed E-state index contributed by atoms with van der Waals surface area (Å²) in [7, 11) is 1.62. The minimum Gasteiger partial charge on any atom is -0.496 e. The van der Waals surface area contributed by atoms with E-state index in [0.717, 1.165) is 27.8 Å². The number of furan rings is 1. The van der Waals surface area contributed by atoms with Crippen molar-refractivity contribution in [2.75, 3.05) is 7.11 Å². The highest BCUT2D eigenvalue weighted by Gasteiger charge is 2.20. The molecule has 3 rings (SSSR count). The van der Waals surface area contributed by atoms with Crippen molar-refractivity contribution in [3.63, 3.8) is 0 Å². The molecule has 4 heteroatoms. The zero-order valence-corrected chi connectivity index (χ0v) is 13.4. The largest absolute Gasteiger partial charge is 0.496 e. The van der Waals surface area contributed by atoms with E-state index in [1.165, 1.54) is 0 Å². The molecule has 1 unspecified atom stereocenters. The van der Waals surface area contributed by atoms with Gasteiger partial charge in [0.2, 0.25) is 0 Å². The summed E-state index contributed by atoms with van der Waals surface area (Å²) in [6.07, 6.45) is 0. The maximum Gasteiger partial charge on any atom is 0.287 e. The number of hydrogen-bond acceptors (Lipinski definition) is 3. The third-order valence-electron chi connectivity index (χ3n) is 4.00. The molecule has 0 aliphatic carbocycles. The Morgan fingerprint density at radius 1 is 1.13 bits per heavy atom. The molecule has 0 spiro atoms. The first-order chi connectivity index (χ1) is 11.1. The van der Waals surface area contributed by atoms with Crippen LogP contribution in [0.25, 0.3) is 11.0 Å². The van der Waals surface area contributed by atoms with E-state index < -0.39 is 0 Å². The predicted octanol–water partition coefficient (Wildman–Crippen LogP) is 4.24. The number of carbonyl (C=O) groups is 1. The van der Waals surface area contributed by atoms with Crippen LogP contribution in [0, 0.1) is 6.92 Å². The van der Waals surface area contributed by atoms with Crippen molar-refractivity contribution in [2.45, 2.75) is 19.9 Å². The average molecular weight is 309 g/mol. The molecular formula is C19H19NO3. The number of hydrogen-bond donors (Lipinski definition) is 1. The Kier molecular flexibility index (Phi) is 4.06. The summed E-state index contributed by atoms with van der Waals surface area (Å²) in [6, 6.07) is 15.1. The Hall–Kier alpha value is -2.75. The molecule has 1 aromatic heterocycles. The molecule has 1 atom stereocenters. The van der Waals surface area contributed by atoms with Crippen LogP contribution in [0.15, 0.2) is 52.9 Å². The van der Waals surface area contributed by atoms with E-state index in [1.54, 1.807) is 7.11 Å². The molecule has 4 nitrogen and oxygen atoms in total. The van der Waals surface area contributed by atoms with Crippen LogP contribution in [0.5, 0.6) is 5.75 Å². The molecule has 1 N–H and O–H groups in total. The van der Waals surface area contributed by atoms with Crippen molar-refractivity contribution in [1.82, 2.24) is 5.32 Å². The molecule has 0 aliphatic heterocycles. The lowest BCUT2D eigenvalue weighted by Gasteiger charge is -2.16. The fraction of sp³-hybridized carbons (Fsp3) is 0.211. The summed E-state index contributed by atoms with van der Waals surface area (Å²) in [5, 5.41) is 3.94. The van der Waals surface area contributed by atoms with Crippen LogP contribution in [0.2, 0.25) is 0 Å². The number of para-hydroxylation sites is 2. The molecule has 1 heterocycles. The zero-order chi connectivity index (χ0) is 16.4. The summed E-state index contributed by atoms with van der Waals surface area (Å²) >= 11 is 0. The fourth-order valence-corrected chi connectivity index (χ4v) is 2.75. The van der Waals surface area contributed by atoms with Gasteiger partial charge in [-0.1, -0.05) is 36.4 Å². The second-order valence-corrected chi connectivity index (χ2v) is 5.49. The van der Waals surface area contributed by atoms with Crippen molar-refractivity contribution >= 4 is 16.9 Å². The summed E-state index contributed by atoms with van der Waals surface area (Å²) < 4.78 is 11.1.